The molecule has 0 aromatic heterocycles. The first-order valence-corrected chi connectivity index (χ1v) is 7.36. The smallest absolute Gasteiger partial charge is 0.0639 e. The molecule has 1 aromatic carbocycles. The average Bonchev–Trinajstić information content (AvgIpc) is 3.16. The van der Waals surface area contributed by atoms with Crippen molar-refractivity contribution in [3.05, 3.63) is 28.8 Å². The van der Waals surface area contributed by atoms with Crippen LogP contribution in [0.15, 0.2) is 18.2 Å². The minimum absolute atomic E-state index is 0.657. The van der Waals surface area contributed by atoms with E-state index in [-0.39, 0.29) is 0 Å². The number of rotatable bonds is 2. The molecule has 0 bridgehead atoms. The van der Waals surface area contributed by atoms with E-state index in [0.29, 0.717) is 6.04 Å². The number of anilines is 1. The van der Waals surface area contributed by atoms with Gasteiger partial charge in [0, 0.05) is 19.1 Å². The first-order chi connectivity index (χ1) is 8.74. The second-order valence-electron chi connectivity index (χ2n) is 5.65. The molecular formula is C15H21ClN2. The molecule has 1 aliphatic heterocycles. The number of hydrogen-bond donors (Lipinski definition) is 1. The molecule has 1 aliphatic carbocycles. The van der Waals surface area contributed by atoms with Crippen LogP contribution in [0, 0.1) is 12.8 Å². The molecule has 1 unspecified atom stereocenters. The van der Waals surface area contributed by atoms with E-state index in [0.717, 1.165) is 30.6 Å². The van der Waals surface area contributed by atoms with Crippen LogP contribution in [0.3, 0.4) is 0 Å². The zero-order valence-electron chi connectivity index (χ0n) is 11.0. The van der Waals surface area contributed by atoms with Gasteiger partial charge in [0.15, 0.2) is 0 Å². The van der Waals surface area contributed by atoms with Crippen LogP contribution < -0.4 is 10.2 Å². The molecule has 0 spiro atoms. The summed E-state index contributed by atoms with van der Waals surface area (Å²) in [5, 5.41) is 4.58. The van der Waals surface area contributed by atoms with Gasteiger partial charge >= 0.3 is 0 Å². The maximum atomic E-state index is 6.36. The number of benzene rings is 1. The van der Waals surface area contributed by atoms with Gasteiger partial charge < -0.3 is 10.2 Å². The highest BCUT2D eigenvalue weighted by Gasteiger charge is 2.33. The van der Waals surface area contributed by atoms with Gasteiger partial charge in [-0.1, -0.05) is 17.7 Å². The first kappa shape index (κ1) is 12.3. The van der Waals surface area contributed by atoms with E-state index in [4.69, 9.17) is 11.6 Å². The van der Waals surface area contributed by atoms with Gasteiger partial charge in [0.2, 0.25) is 0 Å². The lowest BCUT2D eigenvalue weighted by molar-refractivity contribution is 0.490. The predicted molar refractivity (Wildman–Crippen MR) is 77.5 cm³/mol. The largest absolute Gasteiger partial charge is 0.369 e. The molecule has 0 radical (unpaired) electrons. The van der Waals surface area contributed by atoms with Crippen LogP contribution in [0.1, 0.15) is 24.8 Å². The highest BCUT2D eigenvalue weighted by molar-refractivity contribution is 6.33. The Morgan fingerprint density at radius 3 is 2.94 bits per heavy atom. The lowest BCUT2D eigenvalue weighted by Crippen LogP contribution is -2.39. The summed E-state index contributed by atoms with van der Waals surface area (Å²) in [6, 6.07) is 6.98. The number of nitrogens with zero attached hydrogens (tertiary/aromatic N) is 1. The van der Waals surface area contributed by atoms with E-state index in [1.54, 1.807) is 0 Å². The van der Waals surface area contributed by atoms with Gasteiger partial charge in [-0.3, -0.25) is 0 Å². The van der Waals surface area contributed by atoms with Crippen LogP contribution in [0.2, 0.25) is 5.02 Å². The summed E-state index contributed by atoms with van der Waals surface area (Å²) in [6.07, 6.45) is 3.99. The molecule has 1 N–H and O–H groups in total. The summed E-state index contributed by atoms with van der Waals surface area (Å²) in [7, 11) is 0. The molecule has 3 rings (SSSR count). The number of halogens is 1. The first-order valence-electron chi connectivity index (χ1n) is 6.98. The van der Waals surface area contributed by atoms with Crippen molar-refractivity contribution < 1.29 is 0 Å². The number of nitrogens with one attached hydrogen (secondary N) is 1. The summed E-state index contributed by atoms with van der Waals surface area (Å²) in [5.74, 6) is 0.897. The molecule has 2 nitrogen and oxygen atoms in total. The molecule has 3 heteroatoms. The molecule has 2 fully saturated rings. The maximum Gasteiger partial charge on any atom is 0.0639 e. The fraction of sp³-hybridized carbons (Fsp3) is 0.600. The zero-order valence-corrected chi connectivity index (χ0v) is 11.7. The van der Waals surface area contributed by atoms with Gasteiger partial charge in [0.25, 0.3) is 0 Å². The third kappa shape index (κ3) is 2.65. The number of hydrogen-bond acceptors (Lipinski definition) is 2. The molecule has 1 atom stereocenters. The Morgan fingerprint density at radius 2 is 2.17 bits per heavy atom. The molecule has 1 aromatic rings. The molecule has 1 saturated heterocycles. The molecule has 0 amide bonds. The van der Waals surface area contributed by atoms with Crippen LogP contribution in [0.4, 0.5) is 5.69 Å². The molecular weight excluding hydrogens is 244 g/mol. The molecule has 1 saturated carbocycles. The SMILES string of the molecule is Cc1ccc(Cl)c(N2CCCNC(C3CC3)C2)c1. The van der Waals surface area contributed by atoms with Gasteiger partial charge in [0.1, 0.15) is 0 Å². The van der Waals surface area contributed by atoms with E-state index in [1.807, 2.05) is 6.07 Å². The van der Waals surface area contributed by atoms with Gasteiger partial charge in [-0.05, 0) is 56.3 Å². The lowest BCUT2D eigenvalue weighted by Gasteiger charge is -2.27. The van der Waals surface area contributed by atoms with Gasteiger partial charge in [0.05, 0.1) is 10.7 Å². The van der Waals surface area contributed by atoms with Gasteiger partial charge in [-0.15, -0.1) is 0 Å². The fourth-order valence-electron chi connectivity index (χ4n) is 2.85. The van der Waals surface area contributed by atoms with Crippen molar-refractivity contribution in [2.75, 3.05) is 24.5 Å². The summed E-state index contributed by atoms with van der Waals surface area (Å²) >= 11 is 6.36. The zero-order chi connectivity index (χ0) is 12.5. The minimum Gasteiger partial charge on any atom is -0.369 e. The Morgan fingerprint density at radius 1 is 1.33 bits per heavy atom. The fourth-order valence-corrected chi connectivity index (χ4v) is 3.09. The van der Waals surface area contributed by atoms with E-state index in [1.165, 1.54) is 30.5 Å². The molecule has 98 valence electrons. The quantitative estimate of drug-likeness (QED) is 0.882. The van der Waals surface area contributed by atoms with Crippen molar-refractivity contribution in [3.8, 4) is 0 Å². The van der Waals surface area contributed by atoms with Crippen molar-refractivity contribution in [2.24, 2.45) is 5.92 Å². The van der Waals surface area contributed by atoms with E-state index < -0.39 is 0 Å². The Balaban J connectivity index is 1.82. The van der Waals surface area contributed by atoms with E-state index >= 15 is 0 Å². The second-order valence-corrected chi connectivity index (χ2v) is 6.06. The van der Waals surface area contributed by atoms with Crippen molar-refractivity contribution in [1.29, 1.82) is 0 Å². The van der Waals surface area contributed by atoms with Crippen LogP contribution in [-0.4, -0.2) is 25.7 Å². The van der Waals surface area contributed by atoms with Crippen molar-refractivity contribution >= 4 is 17.3 Å². The van der Waals surface area contributed by atoms with E-state index in [9.17, 15) is 0 Å². The van der Waals surface area contributed by atoms with E-state index in [2.05, 4.69) is 29.3 Å². The highest BCUT2D eigenvalue weighted by atomic mass is 35.5. The maximum absolute atomic E-state index is 6.36. The summed E-state index contributed by atoms with van der Waals surface area (Å²) < 4.78 is 0. The van der Waals surface area contributed by atoms with Crippen LogP contribution in [0.5, 0.6) is 0 Å². The summed E-state index contributed by atoms with van der Waals surface area (Å²) in [4.78, 5) is 2.47. The molecule has 1 heterocycles. The topological polar surface area (TPSA) is 15.3 Å². The Kier molecular flexibility index (Phi) is 3.49. The highest BCUT2D eigenvalue weighted by Crippen LogP contribution is 2.35. The van der Waals surface area contributed by atoms with Crippen LogP contribution in [-0.2, 0) is 0 Å². The molecule has 2 aliphatic rings. The monoisotopic (exact) mass is 264 g/mol. The predicted octanol–water partition coefficient (Wildman–Crippen LogP) is 3.23. The van der Waals surface area contributed by atoms with Crippen LogP contribution in [0.25, 0.3) is 0 Å². The Hall–Kier alpha value is -0.730. The lowest BCUT2D eigenvalue weighted by atomic mass is 10.1. The normalized spacial score (nSPS) is 25.0. The molecule has 18 heavy (non-hydrogen) atoms. The summed E-state index contributed by atoms with van der Waals surface area (Å²) in [6.45, 7) is 5.49. The average molecular weight is 265 g/mol. The standard InChI is InChI=1S/C15H21ClN2/c1-11-3-6-13(16)15(9-11)18-8-2-7-17-14(10-18)12-4-5-12/h3,6,9,12,14,17H,2,4-5,7-8,10H2,1H3. The third-order valence-electron chi connectivity index (χ3n) is 4.06. The Bertz CT molecular complexity index is 429. The Labute approximate surface area is 114 Å². The van der Waals surface area contributed by atoms with Gasteiger partial charge in [-0.25, -0.2) is 0 Å². The summed E-state index contributed by atoms with van der Waals surface area (Å²) in [5.41, 5.74) is 2.50. The minimum atomic E-state index is 0.657. The van der Waals surface area contributed by atoms with Crippen LogP contribution >= 0.6 is 11.6 Å². The number of aryl methyl sites for hydroxylation is 1. The third-order valence-corrected chi connectivity index (χ3v) is 4.38. The van der Waals surface area contributed by atoms with Crippen molar-refractivity contribution in [2.45, 2.75) is 32.2 Å². The van der Waals surface area contributed by atoms with Crippen molar-refractivity contribution in [1.82, 2.24) is 5.32 Å². The van der Waals surface area contributed by atoms with Crippen molar-refractivity contribution in [3.63, 3.8) is 0 Å². The second kappa shape index (κ2) is 5.10. The van der Waals surface area contributed by atoms with Gasteiger partial charge in [-0.2, -0.15) is 0 Å².